The number of alkyl halides is 2. The molecule has 4 atom stereocenters. The molecule has 1 aliphatic heterocycles. The summed E-state index contributed by atoms with van der Waals surface area (Å²) < 4.78 is 50.2. The zero-order valence-corrected chi connectivity index (χ0v) is 21.4. The maximum absolute atomic E-state index is 16.4. The van der Waals surface area contributed by atoms with Crippen molar-refractivity contribution < 1.29 is 27.8 Å². The summed E-state index contributed by atoms with van der Waals surface area (Å²) in [6, 6.07) is 7.35. The van der Waals surface area contributed by atoms with Crippen LogP contribution in [-0.2, 0) is 9.53 Å². The lowest BCUT2D eigenvalue weighted by atomic mass is 9.55. The minimum Gasteiger partial charge on any atom is -0.482 e. The molecule has 0 aliphatic carbocycles. The molecule has 0 spiro atoms. The van der Waals surface area contributed by atoms with E-state index in [0.29, 0.717) is 11.5 Å². The first kappa shape index (κ1) is 26.4. The van der Waals surface area contributed by atoms with Crippen molar-refractivity contribution in [1.82, 2.24) is 0 Å². The molecule has 4 unspecified atom stereocenters. The number of methoxy groups -OCH3 is 1. The maximum Gasteiger partial charge on any atom is 0.347 e. The number of hydrogen-bond acceptors (Lipinski definition) is 4. The van der Waals surface area contributed by atoms with Crippen LogP contribution in [0.1, 0.15) is 69.2 Å². The number of benzene rings is 1. The van der Waals surface area contributed by atoms with Crippen LogP contribution in [-0.4, -0.2) is 37.1 Å². The molecule has 0 saturated heterocycles. The summed E-state index contributed by atoms with van der Waals surface area (Å²) in [5.74, 6) is -0.0225. The van der Waals surface area contributed by atoms with Gasteiger partial charge in [-0.25, -0.2) is 13.6 Å². The summed E-state index contributed by atoms with van der Waals surface area (Å²) in [5.41, 5.74) is -6.82. The molecular weight excluding hydrogens is 414 g/mol. The summed E-state index contributed by atoms with van der Waals surface area (Å²) >= 11 is 0. The van der Waals surface area contributed by atoms with Crippen molar-refractivity contribution in [2.24, 2.45) is 21.7 Å². The number of hydrogen-bond donors (Lipinski definition) is 0. The number of ether oxygens (including phenoxy) is 3. The molecule has 1 aliphatic rings. The van der Waals surface area contributed by atoms with Crippen LogP contribution in [0.5, 0.6) is 11.5 Å². The Balaban J connectivity index is 2.61. The molecular formula is C26H40F2O4. The fourth-order valence-electron chi connectivity index (χ4n) is 4.33. The van der Waals surface area contributed by atoms with E-state index < -0.39 is 46.3 Å². The number of halogens is 2. The minimum absolute atomic E-state index is 0.351. The Labute approximate surface area is 192 Å². The fourth-order valence-corrected chi connectivity index (χ4v) is 4.33. The Morgan fingerprint density at radius 3 is 1.72 bits per heavy atom. The lowest BCUT2D eigenvalue weighted by molar-refractivity contribution is -0.197. The van der Waals surface area contributed by atoms with Gasteiger partial charge in [-0.3, -0.25) is 0 Å². The number of rotatable bonds is 5. The molecule has 2 rings (SSSR count). The van der Waals surface area contributed by atoms with Crippen LogP contribution < -0.4 is 9.47 Å². The van der Waals surface area contributed by atoms with Gasteiger partial charge in [0.25, 0.3) is 0 Å². The lowest BCUT2D eigenvalue weighted by Crippen LogP contribution is -2.66. The monoisotopic (exact) mass is 454 g/mol. The van der Waals surface area contributed by atoms with Crippen molar-refractivity contribution in [1.29, 1.82) is 0 Å². The van der Waals surface area contributed by atoms with Gasteiger partial charge in [0.15, 0.2) is 17.7 Å². The van der Waals surface area contributed by atoms with Crippen molar-refractivity contribution >= 4 is 5.97 Å². The Morgan fingerprint density at radius 2 is 1.34 bits per heavy atom. The van der Waals surface area contributed by atoms with E-state index in [1.165, 1.54) is 20.8 Å². The highest BCUT2D eigenvalue weighted by atomic mass is 19.2. The molecule has 0 amide bonds. The van der Waals surface area contributed by atoms with Gasteiger partial charge in [-0.2, -0.15) is 0 Å². The Morgan fingerprint density at radius 1 is 0.906 bits per heavy atom. The first-order valence-corrected chi connectivity index (χ1v) is 11.2. The standard InChI is InChI=1S/C26H40F2O4/c1-22(2,3)18-19(32-17-15-13-12-14-16(17)31-18)24(7,8)25(9,10)20(27)26(28,21(29)30-11)23(4,5)6/h12-15,18-20H,1-11H3. The second kappa shape index (κ2) is 8.18. The van der Waals surface area contributed by atoms with Crippen molar-refractivity contribution in [3.8, 4) is 11.5 Å². The SMILES string of the molecule is COC(=O)C(F)(C(F)C(C)(C)C(C)(C)C1Oc2ccccc2OC1C(C)(C)C)C(C)(C)C. The van der Waals surface area contributed by atoms with E-state index >= 15 is 8.78 Å². The molecule has 0 saturated carbocycles. The smallest absolute Gasteiger partial charge is 0.347 e. The van der Waals surface area contributed by atoms with E-state index in [1.807, 2.05) is 52.8 Å². The highest BCUT2D eigenvalue weighted by molar-refractivity contribution is 5.81. The molecule has 0 radical (unpaired) electrons. The first-order valence-electron chi connectivity index (χ1n) is 11.2. The molecule has 6 heteroatoms. The average molecular weight is 455 g/mol. The van der Waals surface area contributed by atoms with Crippen LogP contribution in [0.3, 0.4) is 0 Å². The van der Waals surface area contributed by atoms with E-state index in [2.05, 4.69) is 0 Å². The van der Waals surface area contributed by atoms with E-state index in [9.17, 15) is 4.79 Å². The second-order valence-corrected chi connectivity index (χ2v) is 12.1. The van der Waals surface area contributed by atoms with Gasteiger partial charge in [-0.05, 0) is 12.1 Å². The zero-order valence-electron chi connectivity index (χ0n) is 21.4. The second-order valence-electron chi connectivity index (χ2n) is 12.1. The van der Waals surface area contributed by atoms with Gasteiger partial charge in [0.1, 0.15) is 12.2 Å². The number of carbonyl (C=O) groups is 1. The third-order valence-corrected chi connectivity index (χ3v) is 7.41. The molecule has 32 heavy (non-hydrogen) atoms. The van der Waals surface area contributed by atoms with Gasteiger partial charge in [0, 0.05) is 21.7 Å². The highest BCUT2D eigenvalue weighted by Gasteiger charge is 2.66. The third-order valence-electron chi connectivity index (χ3n) is 7.41. The summed E-state index contributed by atoms with van der Waals surface area (Å²) in [6.45, 7) is 17.6. The van der Waals surface area contributed by atoms with Crippen molar-refractivity contribution in [2.75, 3.05) is 7.11 Å². The van der Waals surface area contributed by atoms with Gasteiger partial charge < -0.3 is 14.2 Å². The topological polar surface area (TPSA) is 44.8 Å². The number of fused-ring (bicyclic) bond motifs is 1. The summed E-state index contributed by atoms with van der Waals surface area (Å²) in [5, 5.41) is 0. The zero-order chi connectivity index (χ0) is 24.9. The summed E-state index contributed by atoms with van der Waals surface area (Å²) in [7, 11) is 1.08. The maximum atomic E-state index is 16.4. The van der Waals surface area contributed by atoms with Crippen LogP contribution in [0.4, 0.5) is 8.78 Å². The van der Waals surface area contributed by atoms with Gasteiger partial charge in [-0.1, -0.05) is 81.4 Å². The number of esters is 1. The Kier molecular flexibility index (Phi) is 6.75. The molecule has 0 bridgehead atoms. The van der Waals surface area contributed by atoms with E-state index in [0.717, 1.165) is 7.11 Å². The largest absolute Gasteiger partial charge is 0.482 e. The van der Waals surface area contributed by atoms with Crippen molar-refractivity contribution in [3.63, 3.8) is 0 Å². The molecule has 1 aromatic carbocycles. The van der Waals surface area contributed by atoms with Crippen molar-refractivity contribution in [2.45, 2.75) is 93.3 Å². The van der Waals surface area contributed by atoms with Gasteiger partial charge in [-0.15, -0.1) is 0 Å². The van der Waals surface area contributed by atoms with Crippen LogP contribution in [0.2, 0.25) is 0 Å². The minimum atomic E-state index is -2.85. The third kappa shape index (κ3) is 4.10. The first-order chi connectivity index (χ1) is 14.3. The van der Waals surface area contributed by atoms with Crippen LogP contribution in [0.15, 0.2) is 24.3 Å². The van der Waals surface area contributed by atoms with Crippen molar-refractivity contribution in [3.05, 3.63) is 24.3 Å². The average Bonchev–Trinajstić information content (AvgIpc) is 2.69. The number of para-hydroxylation sites is 2. The molecule has 1 aromatic rings. The fraction of sp³-hybridized carbons (Fsp3) is 0.731. The van der Waals surface area contributed by atoms with Gasteiger partial charge in [0.2, 0.25) is 5.67 Å². The summed E-state index contributed by atoms with van der Waals surface area (Å²) in [6.07, 6.45) is -3.20. The molecule has 182 valence electrons. The van der Waals surface area contributed by atoms with E-state index in [-0.39, 0.29) is 5.41 Å². The van der Waals surface area contributed by atoms with E-state index in [1.54, 1.807) is 19.9 Å². The number of carbonyl (C=O) groups excluding carboxylic acids is 1. The Bertz CT molecular complexity index is 835. The summed E-state index contributed by atoms with van der Waals surface area (Å²) in [4.78, 5) is 12.6. The predicted molar refractivity (Wildman–Crippen MR) is 122 cm³/mol. The van der Waals surface area contributed by atoms with Crippen LogP contribution in [0, 0.1) is 21.7 Å². The van der Waals surface area contributed by atoms with Gasteiger partial charge >= 0.3 is 5.97 Å². The van der Waals surface area contributed by atoms with E-state index in [4.69, 9.17) is 14.2 Å². The highest BCUT2D eigenvalue weighted by Crippen LogP contribution is 2.56. The molecule has 0 aromatic heterocycles. The predicted octanol–water partition coefficient (Wildman–Crippen LogP) is 6.56. The van der Waals surface area contributed by atoms with Gasteiger partial charge in [0.05, 0.1) is 7.11 Å². The molecule has 0 N–H and O–H groups in total. The molecule has 1 heterocycles. The molecule has 0 fully saturated rings. The van der Waals surface area contributed by atoms with Crippen LogP contribution >= 0.6 is 0 Å². The quantitative estimate of drug-likeness (QED) is 0.473. The molecule has 4 nitrogen and oxygen atoms in total. The van der Waals surface area contributed by atoms with Crippen LogP contribution in [0.25, 0.3) is 0 Å². The normalized spacial score (nSPS) is 22.7. The lowest BCUT2D eigenvalue weighted by Gasteiger charge is -2.55. The Hall–Kier alpha value is -1.85.